The Balaban J connectivity index is 3.50. The van der Waals surface area contributed by atoms with Crippen LogP contribution in [0.25, 0.3) is 0 Å². The summed E-state index contributed by atoms with van der Waals surface area (Å²) in [6.07, 6.45) is 1.15. The van der Waals surface area contributed by atoms with E-state index in [1.54, 1.807) is 0 Å². The van der Waals surface area contributed by atoms with E-state index in [-0.39, 0.29) is 0 Å². The molecule has 0 fully saturated rings. The lowest BCUT2D eigenvalue weighted by Gasteiger charge is -2.24. The standard InChI is InChI=1S/C8H18N/c1-5-8(4)9(6-2)7-3/h8H,4-7H2,1-3H3. The monoisotopic (exact) mass is 128 g/mol. The second-order valence-corrected chi connectivity index (χ2v) is 2.28. The predicted octanol–water partition coefficient (Wildman–Crippen LogP) is 1.94. The molecule has 0 spiro atoms. The van der Waals surface area contributed by atoms with Crippen molar-refractivity contribution >= 4 is 0 Å². The molecule has 0 amide bonds. The molecule has 0 bridgehead atoms. The third kappa shape index (κ3) is 2.85. The van der Waals surface area contributed by atoms with Gasteiger partial charge in [-0.05, 0) is 26.4 Å². The van der Waals surface area contributed by atoms with E-state index in [4.69, 9.17) is 0 Å². The maximum atomic E-state index is 4.02. The average molecular weight is 128 g/mol. The van der Waals surface area contributed by atoms with Crippen molar-refractivity contribution in [3.05, 3.63) is 6.92 Å². The van der Waals surface area contributed by atoms with E-state index in [0.717, 1.165) is 19.5 Å². The van der Waals surface area contributed by atoms with E-state index in [0.29, 0.717) is 6.04 Å². The molecule has 1 nitrogen and oxygen atoms in total. The minimum Gasteiger partial charge on any atom is -0.301 e. The van der Waals surface area contributed by atoms with Gasteiger partial charge in [0.2, 0.25) is 0 Å². The van der Waals surface area contributed by atoms with Gasteiger partial charge in [-0.2, -0.15) is 0 Å². The average Bonchev–Trinajstić information content (AvgIpc) is 1.90. The highest BCUT2D eigenvalue weighted by molar-refractivity contribution is 4.69. The summed E-state index contributed by atoms with van der Waals surface area (Å²) in [6, 6.07) is 0.514. The Morgan fingerprint density at radius 1 is 1.22 bits per heavy atom. The summed E-state index contributed by atoms with van der Waals surface area (Å²) in [5, 5.41) is 0. The van der Waals surface area contributed by atoms with Gasteiger partial charge in [0.1, 0.15) is 0 Å². The highest BCUT2D eigenvalue weighted by Gasteiger charge is 2.05. The zero-order valence-electron chi connectivity index (χ0n) is 6.85. The van der Waals surface area contributed by atoms with Crippen molar-refractivity contribution in [2.24, 2.45) is 0 Å². The third-order valence-electron chi connectivity index (χ3n) is 1.80. The van der Waals surface area contributed by atoms with Crippen molar-refractivity contribution in [1.82, 2.24) is 4.90 Å². The van der Waals surface area contributed by atoms with Gasteiger partial charge in [-0.15, -0.1) is 0 Å². The second kappa shape index (κ2) is 4.80. The molecule has 0 saturated heterocycles. The van der Waals surface area contributed by atoms with Crippen LogP contribution in [0.15, 0.2) is 0 Å². The molecule has 0 aliphatic heterocycles. The lowest BCUT2D eigenvalue weighted by molar-refractivity contribution is 0.247. The van der Waals surface area contributed by atoms with Gasteiger partial charge in [0.15, 0.2) is 0 Å². The summed E-state index contributed by atoms with van der Waals surface area (Å²) in [5.41, 5.74) is 0. The highest BCUT2D eigenvalue weighted by atomic mass is 15.1. The molecule has 0 N–H and O–H groups in total. The van der Waals surface area contributed by atoms with Crippen LogP contribution in [-0.2, 0) is 0 Å². The van der Waals surface area contributed by atoms with Crippen LogP contribution >= 0.6 is 0 Å². The molecule has 1 radical (unpaired) electrons. The molecule has 0 aromatic carbocycles. The fraction of sp³-hybridized carbons (Fsp3) is 0.875. The van der Waals surface area contributed by atoms with Crippen molar-refractivity contribution in [3.63, 3.8) is 0 Å². The molecule has 0 aromatic rings. The summed E-state index contributed by atoms with van der Waals surface area (Å²) >= 11 is 0. The van der Waals surface area contributed by atoms with Gasteiger partial charge in [-0.3, -0.25) is 0 Å². The van der Waals surface area contributed by atoms with Crippen molar-refractivity contribution in [1.29, 1.82) is 0 Å². The quantitative estimate of drug-likeness (QED) is 0.559. The minimum atomic E-state index is 0.514. The zero-order valence-corrected chi connectivity index (χ0v) is 6.85. The van der Waals surface area contributed by atoms with Crippen LogP contribution < -0.4 is 0 Å². The van der Waals surface area contributed by atoms with Gasteiger partial charge < -0.3 is 4.90 Å². The van der Waals surface area contributed by atoms with E-state index >= 15 is 0 Å². The maximum absolute atomic E-state index is 4.02. The molecule has 0 aliphatic rings. The number of hydrogen-bond donors (Lipinski definition) is 0. The SMILES string of the molecule is [CH2]C(CC)N(CC)CC. The van der Waals surface area contributed by atoms with Gasteiger partial charge in [0.25, 0.3) is 0 Å². The van der Waals surface area contributed by atoms with E-state index in [9.17, 15) is 0 Å². The van der Waals surface area contributed by atoms with E-state index in [2.05, 4.69) is 32.6 Å². The fourth-order valence-electron chi connectivity index (χ4n) is 0.998. The molecular formula is C8H18N. The van der Waals surface area contributed by atoms with Crippen molar-refractivity contribution in [3.8, 4) is 0 Å². The first-order valence-electron chi connectivity index (χ1n) is 3.83. The molecule has 1 atom stereocenters. The Bertz CT molecular complexity index is 57.6. The van der Waals surface area contributed by atoms with E-state index in [1.807, 2.05) is 0 Å². The highest BCUT2D eigenvalue weighted by Crippen LogP contribution is 2.00. The first-order chi connectivity index (χ1) is 4.26. The first kappa shape index (κ1) is 8.96. The van der Waals surface area contributed by atoms with Gasteiger partial charge in [-0.25, -0.2) is 0 Å². The minimum absolute atomic E-state index is 0.514. The van der Waals surface area contributed by atoms with Crippen molar-refractivity contribution in [2.45, 2.75) is 33.2 Å². The van der Waals surface area contributed by atoms with E-state index < -0.39 is 0 Å². The summed E-state index contributed by atoms with van der Waals surface area (Å²) < 4.78 is 0. The van der Waals surface area contributed by atoms with Gasteiger partial charge in [-0.1, -0.05) is 20.8 Å². The van der Waals surface area contributed by atoms with Crippen LogP contribution in [0.5, 0.6) is 0 Å². The van der Waals surface area contributed by atoms with E-state index in [1.165, 1.54) is 0 Å². The number of rotatable bonds is 4. The van der Waals surface area contributed by atoms with Crippen LogP contribution in [0.3, 0.4) is 0 Å². The van der Waals surface area contributed by atoms with Crippen LogP contribution in [0.4, 0.5) is 0 Å². The normalized spacial score (nSPS) is 14.3. The summed E-state index contributed by atoms with van der Waals surface area (Å²) in [4.78, 5) is 2.36. The molecule has 1 unspecified atom stereocenters. The lowest BCUT2D eigenvalue weighted by atomic mass is 10.2. The molecule has 0 rings (SSSR count). The number of hydrogen-bond acceptors (Lipinski definition) is 1. The Kier molecular flexibility index (Phi) is 4.78. The molecule has 9 heavy (non-hydrogen) atoms. The van der Waals surface area contributed by atoms with Gasteiger partial charge >= 0.3 is 0 Å². The van der Waals surface area contributed by atoms with Crippen LogP contribution in [0.1, 0.15) is 27.2 Å². The van der Waals surface area contributed by atoms with Gasteiger partial charge in [0, 0.05) is 6.04 Å². The zero-order chi connectivity index (χ0) is 7.28. The van der Waals surface area contributed by atoms with Crippen LogP contribution in [0.2, 0.25) is 0 Å². The van der Waals surface area contributed by atoms with Gasteiger partial charge in [0.05, 0.1) is 0 Å². The smallest absolute Gasteiger partial charge is 0.00929 e. The molecule has 0 aromatic heterocycles. The lowest BCUT2D eigenvalue weighted by Crippen LogP contribution is -2.32. The molecule has 0 heterocycles. The molecule has 0 aliphatic carbocycles. The van der Waals surface area contributed by atoms with Crippen molar-refractivity contribution < 1.29 is 0 Å². The summed E-state index contributed by atoms with van der Waals surface area (Å²) in [7, 11) is 0. The van der Waals surface area contributed by atoms with Crippen LogP contribution in [0, 0.1) is 6.92 Å². The Morgan fingerprint density at radius 2 is 1.67 bits per heavy atom. The second-order valence-electron chi connectivity index (χ2n) is 2.28. The maximum Gasteiger partial charge on any atom is 0.00929 e. The van der Waals surface area contributed by atoms with Crippen molar-refractivity contribution in [2.75, 3.05) is 13.1 Å². The summed E-state index contributed by atoms with van der Waals surface area (Å²) in [6.45, 7) is 12.8. The summed E-state index contributed by atoms with van der Waals surface area (Å²) in [5.74, 6) is 0. The Labute approximate surface area is 59.1 Å². The Hall–Kier alpha value is -0.0400. The fourth-order valence-corrected chi connectivity index (χ4v) is 0.998. The first-order valence-corrected chi connectivity index (χ1v) is 3.83. The predicted molar refractivity (Wildman–Crippen MR) is 42.4 cm³/mol. The third-order valence-corrected chi connectivity index (χ3v) is 1.80. The largest absolute Gasteiger partial charge is 0.301 e. The molecule has 55 valence electrons. The molecule has 1 heteroatoms. The molecule has 0 saturated carbocycles. The van der Waals surface area contributed by atoms with Crippen LogP contribution in [-0.4, -0.2) is 24.0 Å². The number of nitrogens with zero attached hydrogens (tertiary/aromatic N) is 1. The molecular weight excluding hydrogens is 110 g/mol. The topological polar surface area (TPSA) is 3.24 Å². The Morgan fingerprint density at radius 3 is 1.78 bits per heavy atom.